The van der Waals surface area contributed by atoms with Gasteiger partial charge in [0.25, 0.3) is 0 Å². The van der Waals surface area contributed by atoms with Crippen molar-refractivity contribution < 1.29 is 19.7 Å². The molecule has 15 heteroatoms. The van der Waals surface area contributed by atoms with Crippen LogP contribution in [0.5, 0.6) is 0 Å². The van der Waals surface area contributed by atoms with E-state index in [9.17, 15) is 15.0 Å². The standard InChI is InChI=1S/C27H44N6O3.C23H37N5O/c1-7-8-22(13-16-34)31-24-23(19(2)30-25(28)32-24)17-20-9-11-21(12-10-20)18-33(6)15-14-29-26(35)36-27(3,4)5;1-5-7-20(12-14-29)26-22-21(17(3)25-23(24)27-22)15-18-8-10-19(11-9-18)16-28(4)13-6-2/h9-12,22,34H,7-8,13-18H2,1-6H3,(H,29,35)(H3,28,30,31,32);8-11,20,29H,5-7,12-16H2,1-4H3,(H3,24,25,26,27)/t22-;20-/m00/s1. The molecule has 2 aromatic carbocycles. The molecule has 0 bridgehead atoms. The second kappa shape index (κ2) is 28.1. The molecule has 4 rings (SSSR count). The van der Waals surface area contributed by atoms with E-state index in [1.807, 2.05) is 41.7 Å². The molecule has 0 unspecified atom stereocenters. The summed E-state index contributed by atoms with van der Waals surface area (Å²) in [4.78, 5) is 34.0. The molecule has 360 valence electrons. The zero-order valence-electron chi connectivity index (χ0n) is 41.1. The Kier molecular flexibility index (Phi) is 23.4. The number of ether oxygens (including phenoxy) is 1. The average molecular weight is 900 g/mol. The number of hydrogen-bond donors (Lipinski definition) is 7. The van der Waals surface area contributed by atoms with Crippen LogP contribution in [0, 0.1) is 13.8 Å². The molecule has 2 atom stereocenters. The van der Waals surface area contributed by atoms with Crippen molar-refractivity contribution in [2.45, 2.75) is 144 Å². The second-order valence-corrected chi connectivity index (χ2v) is 18.2. The Hall–Kier alpha value is -5.09. The molecule has 2 aromatic heterocycles. The van der Waals surface area contributed by atoms with Crippen molar-refractivity contribution in [3.8, 4) is 0 Å². The number of nitrogens with two attached hydrogens (primary N) is 2. The van der Waals surface area contributed by atoms with Crippen molar-refractivity contribution in [2.24, 2.45) is 0 Å². The molecule has 9 N–H and O–H groups in total. The first-order chi connectivity index (χ1) is 31.0. The van der Waals surface area contributed by atoms with Crippen molar-refractivity contribution in [1.29, 1.82) is 0 Å². The van der Waals surface area contributed by atoms with E-state index < -0.39 is 11.7 Å². The number of anilines is 4. The van der Waals surface area contributed by atoms with E-state index in [1.54, 1.807) is 0 Å². The van der Waals surface area contributed by atoms with E-state index in [-0.39, 0.29) is 37.2 Å². The summed E-state index contributed by atoms with van der Waals surface area (Å²) in [5.41, 5.74) is 20.1. The molecule has 0 radical (unpaired) electrons. The first-order valence-electron chi connectivity index (χ1n) is 23.5. The van der Waals surface area contributed by atoms with Gasteiger partial charge in [-0.3, -0.25) is 0 Å². The topological polar surface area (TPSA) is 213 Å². The summed E-state index contributed by atoms with van der Waals surface area (Å²) in [6, 6.07) is 17.6. The Morgan fingerprint density at radius 3 is 1.42 bits per heavy atom. The molecule has 0 aliphatic rings. The number of aliphatic hydroxyl groups is 2. The van der Waals surface area contributed by atoms with Gasteiger partial charge in [0.05, 0.1) is 0 Å². The van der Waals surface area contributed by atoms with Crippen LogP contribution in [0.2, 0.25) is 0 Å². The van der Waals surface area contributed by atoms with Crippen molar-refractivity contribution in [3.05, 3.63) is 93.3 Å². The lowest BCUT2D eigenvalue weighted by Crippen LogP contribution is -2.36. The maximum Gasteiger partial charge on any atom is 0.407 e. The molecule has 65 heavy (non-hydrogen) atoms. The number of nitrogens with one attached hydrogen (secondary N) is 3. The number of rotatable bonds is 25. The highest BCUT2D eigenvalue weighted by Gasteiger charge is 2.19. The molecule has 0 aliphatic heterocycles. The van der Waals surface area contributed by atoms with Crippen LogP contribution in [-0.4, -0.2) is 111 Å². The number of carbonyl (C=O) groups excluding carboxylic acids is 1. The van der Waals surface area contributed by atoms with Gasteiger partial charge in [-0.2, -0.15) is 9.97 Å². The Morgan fingerprint density at radius 1 is 0.646 bits per heavy atom. The Labute approximate surface area is 389 Å². The van der Waals surface area contributed by atoms with Gasteiger partial charge in [-0.25, -0.2) is 14.8 Å². The van der Waals surface area contributed by atoms with Crippen LogP contribution in [0.15, 0.2) is 48.5 Å². The molecule has 1 amide bonds. The number of aryl methyl sites for hydroxylation is 2. The van der Waals surface area contributed by atoms with Gasteiger partial charge in [-0.15, -0.1) is 0 Å². The normalized spacial score (nSPS) is 12.4. The third-order valence-corrected chi connectivity index (χ3v) is 10.9. The summed E-state index contributed by atoms with van der Waals surface area (Å²) in [7, 11) is 4.18. The van der Waals surface area contributed by atoms with Crippen LogP contribution in [0.4, 0.5) is 28.3 Å². The van der Waals surface area contributed by atoms with Crippen LogP contribution in [0.3, 0.4) is 0 Å². The number of likely N-dealkylation sites (N-methyl/N-ethyl adjacent to an activating group) is 1. The van der Waals surface area contributed by atoms with Gasteiger partial charge in [0.15, 0.2) is 0 Å². The third-order valence-electron chi connectivity index (χ3n) is 10.9. The van der Waals surface area contributed by atoms with Crippen LogP contribution in [-0.2, 0) is 30.7 Å². The predicted molar refractivity (Wildman–Crippen MR) is 266 cm³/mol. The molecular formula is C50H81N11O4. The SMILES string of the molecule is CCC[C@@H](CCO)Nc1nc(N)nc(C)c1Cc1ccc(CN(C)CCC)cc1.CCC[C@@H](CCO)Nc1nc(N)nc(C)c1Cc1ccc(CN(C)CCNC(=O)OC(C)(C)C)cc1. The quantitative estimate of drug-likeness (QED) is 0.0341. The summed E-state index contributed by atoms with van der Waals surface area (Å²) in [5, 5.41) is 28.6. The summed E-state index contributed by atoms with van der Waals surface area (Å²) in [6.45, 7) is 20.3. The first kappa shape index (κ1) is 54.2. The van der Waals surface area contributed by atoms with Gasteiger partial charge in [0, 0.05) is 86.8 Å². The fourth-order valence-electron chi connectivity index (χ4n) is 7.63. The number of alkyl carbamates (subject to hydrolysis) is 1. The maximum atomic E-state index is 11.8. The highest BCUT2D eigenvalue weighted by Crippen LogP contribution is 2.25. The smallest absolute Gasteiger partial charge is 0.407 e. The van der Waals surface area contributed by atoms with Crippen molar-refractivity contribution in [2.75, 3.05) is 69.0 Å². The molecule has 0 fully saturated rings. The van der Waals surface area contributed by atoms with E-state index in [4.69, 9.17) is 16.2 Å². The van der Waals surface area contributed by atoms with Gasteiger partial charge in [0.2, 0.25) is 11.9 Å². The van der Waals surface area contributed by atoms with Crippen LogP contribution >= 0.6 is 0 Å². The van der Waals surface area contributed by atoms with Crippen molar-refractivity contribution in [1.82, 2.24) is 35.1 Å². The highest BCUT2D eigenvalue weighted by atomic mass is 16.6. The molecule has 15 nitrogen and oxygen atoms in total. The number of nitrogens with zero attached hydrogens (tertiary/aromatic N) is 6. The van der Waals surface area contributed by atoms with E-state index >= 15 is 0 Å². The number of aromatic nitrogens is 4. The zero-order valence-corrected chi connectivity index (χ0v) is 41.1. The number of benzene rings is 2. The summed E-state index contributed by atoms with van der Waals surface area (Å²) < 4.78 is 5.27. The molecular weight excluding hydrogens is 819 g/mol. The van der Waals surface area contributed by atoms with Crippen LogP contribution < -0.4 is 27.4 Å². The number of aliphatic hydroxyl groups excluding tert-OH is 2. The van der Waals surface area contributed by atoms with E-state index in [2.05, 4.69) is 122 Å². The lowest BCUT2D eigenvalue weighted by molar-refractivity contribution is 0.0523. The molecule has 0 saturated carbocycles. The summed E-state index contributed by atoms with van der Waals surface area (Å²) in [6.07, 6.45) is 7.52. The maximum absolute atomic E-state index is 11.8. The van der Waals surface area contributed by atoms with Gasteiger partial charge in [-0.05, 0) is 110 Å². The van der Waals surface area contributed by atoms with Gasteiger partial charge in [-0.1, -0.05) is 82.1 Å². The molecule has 0 spiro atoms. The fourth-order valence-corrected chi connectivity index (χ4v) is 7.63. The minimum absolute atomic E-state index is 0.125. The third kappa shape index (κ3) is 20.3. The number of carbonyl (C=O) groups is 1. The monoisotopic (exact) mass is 900 g/mol. The van der Waals surface area contributed by atoms with Gasteiger partial charge < -0.3 is 52.2 Å². The predicted octanol–water partition coefficient (Wildman–Crippen LogP) is 7.64. The molecule has 4 aromatic rings. The molecule has 0 saturated heterocycles. The fraction of sp³-hybridized carbons (Fsp3) is 0.580. The number of amides is 1. The lowest BCUT2D eigenvalue weighted by Gasteiger charge is -2.21. The summed E-state index contributed by atoms with van der Waals surface area (Å²) >= 11 is 0. The molecule has 2 heterocycles. The average Bonchev–Trinajstić information content (AvgIpc) is 3.22. The van der Waals surface area contributed by atoms with Crippen molar-refractivity contribution in [3.63, 3.8) is 0 Å². The Morgan fingerprint density at radius 2 is 1.05 bits per heavy atom. The molecule has 0 aliphatic carbocycles. The van der Waals surface area contributed by atoms with E-state index in [0.717, 1.165) is 97.9 Å². The van der Waals surface area contributed by atoms with Crippen LogP contribution in [0.1, 0.15) is 131 Å². The Bertz CT molecular complexity index is 1980. The summed E-state index contributed by atoms with van der Waals surface area (Å²) in [5.74, 6) is 2.06. The van der Waals surface area contributed by atoms with Crippen molar-refractivity contribution >= 4 is 29.6 Å². The Balaban J connectivity index is 0.000000353. The minimum Gasteiger partial charge on any atom is -0.444 e. The highest BCUT2D eigenvalue weighted by molar-refractivity contribution is 5.67. The zero-order chi connectivity index (χ0) is 47.9. The first-order valence-corrected chi connectivity index (χ1v) is 23.5. The van der Waals surface area contributed by atoms with E-state index in [0.29, 0.717) is 32.4 Å². The lowest BCUT2D eigenvalue weighted by atomic mass is 10.0. The number of hydrogen-bond acceptors (Lipinski definition) is 14. The number of nitrogen functional groups attached to an aromatic ring is 2. The van der Waals surface area contributed by atoms with Crippen LogP contribution in [0.25, 0.3) is 0 Å². The van der Waals surface area contributed by atoms with E-state index in [1.165, 1.54) is 16.7 Å². The largest absolute Gasteiger partial charge is 0.444 e. The van der Waals surface area contributed by atoms with Gasteiger partial charge in [0.1, 0.15) is 17.2 Å². The van der Waals surface area contributed by atoms with Gasteiger partial charge >= 0.3 is 6.09 Å². The second-order valence-electron chi connectivity index (χ2n) is 18.2. The minimum atomic E-state index is -0.498.